The third kappa shape index (κ3) is 2.73. The van der Waals surface area contributed by atoms with Gasteiger partial charge in [0.25, 0.3) is 0 Å². The van der Waals surface area contributed by atoms with Crippen molar-refractivity contribution in [3.05, 3.63) is 52.0 Å². The average molecular weight is 273 g/mol. The van der Waals surface area contributed by atoms with Crippen LogP contribution in [0.15, 0.2) is 22.6 Å². The number of methoxy groups -OCH3 is 1. The van der Waals surface area contributed by atoms with E-state index in [-0.39, 0.29) is 6.04 Å². The molecule has 1 heterocycles. The summed E-state index contributed by atoms with van der Waals surface area (Å²) < 4.78 is 11.1. The average Bonchev–Trinajstić information content (AvgIpc) is 2.63. The van der Waals surface area contributed by atoms with E-state index in [1.807, 2.05) is 26.0 Å². The molecule has 1 atom stereocenters. The third-order valence-electron chi connectivity index (χ3n) is 3.86. The van der Waals surface area contributed by atoms with Crippen molar-refractivity contribution < 1.29 is 9.15 Å². The van der Waals surface area contributed by atoms with E-state index in [0.717, 1.165) is 40.4 Å². The lowest BCUT2D eigenvalue weighted by Crippen LogP contribution is -2.15. The predicted octanol–water partition coefficient (Wildman–Crippen LogP) is 3.76. The number of nitrogens with two attached hydrogens (primary N) is 1. The normalized spacial score (nSPS) is 12.5. The van der Waals surface area contributed by atoms with Gasteiger partial charge in [-0.15, -0.1) is 0 Å². The van der Waals surface area contributed by atoms with Crippen LogP contribution < -0.4 is 10.5 Å². The molecule has 3 heteroatoms. The van der Waals surface area contributed by atoms with Gasteiger partial charge in [0.2, 0.25) is 0 Å². The van der Waals surface area contributed by atoms with Crippen molar-refractivity contribution in [2.45, 2.75) is 40.2 Å². The van der Waals surface area contributed by atoms with Crippen molar-refractivity contribution in [2.24, 2.45) is 5.73 Å². The molecule has 0 aliphatic carbocycles. The summed E-state index contributed by atoms with van der Waals surface area (Å²) in [5.74, 6) is 2.75. The Morgan fingerprint density at radius 1 is 1.15 bits per heavy atom. The molecule has 0 aliphatic heterocycles. The molecule has 20 heavy (non-hydrogen) atoms. The Hall–Kier alpha value is -1.74. The van der Waals surface area contributed by atoms with Crippen molar-refractivity contribution in [2.75, 3.05) is 7.11 Å². The van der Waals surface area contributed by atoms with Crippen LogP contribution in [0.2, 0.25) is 0 Å². The summed E-state index contributed by atoms with van der Waals surface area (Å²) in [6.07, 6.45) is 0.742. The van der Waals surface area contributed by atoms with Crippen molar-refractivity contribution >= 4 is 0 Å². The van der Waals surface area contributed by atoms with Crippen LogP contribution in [-0.4, -0.2) is 7.11 Å². The van der Waals surface area contributed by atoms with Crippen LogP contribution >= 0.6 is 0 Å². The van der Waals surface area contributed by atoms with E-state index in [0.29, 0.717) is 0 Å². The zero-order chi connectivity index (χ0) is 14.9. The van der Waals surface area contributed by atoms with Crippen LogP contribution in [0, 0.1) is 27.7 Å². The summed E-state index contributed by atoms with van der Waals surface area (Å²) in [5.41, 5.74) is 11.0. The lowest BCUT2D eigenvalue weighted by Gasteiger charge is -2.15. The van der Waals surface area contributed by atoms with Gasteiger partial charge in [0, 0.05) is 11.6 Å². The Kier molecular flexibility index (Phi) is 4.19. The fourth-order valence-electron chi connectivity index (χ4n) is 2.76. The summed E-state index contributed by atoms with van der Waals surface area (Å²) >= 11 is 0. The monoisotopic (exact) mass is 273 g/mol. The molecule has 0 radical (unpaired) electrons. The van der Waals surface area contributed by atoms with E-state index in [4.69, 9.17) is 14.9 Å². The van der Waals surface area contributed by atoms with Gasteiger partial charge in [-0.3, -0.25) is 0 Å². The van der Waals surface area contributed by atoms with Gasteiger partial charge in [0.1, 0.15) is 17.3 Å². The Labute approximate surface area is 120 Å². The Morgan fingerprint density at radius 2 is 1.85 bits per heavy atom. The number of aryl methyl sites for hydroxylation is 3. The van der Waals surface area contributed by atoms with E-state index in [9.17, 15) is 0 Å². The quantitative estimate of drug-likeness (QED) is 0.922. The van der Waals surface area contributed by atoms with E-state index >= 15 is 0 Å². The Bertz CT molecular complexity index is 614. The molecule has 0 saturated heterocycles. The molecule has 0 amide bonds. The first-order valence-corrected chi connectivity index (χ1v) is 6.89. The van der Waals surface area contributed by atoms with Crippen LogP contribution in [0.3, 0.4) is 0 Å². The molecule has 108 valence electrons. The minimum Gasteiger partial charge on any atom is -0.496 e. The molecule has 3 nitrogen and oxygen atoms in total. The molecule has 1 aromatic heterocycles. The first-order valence-electron chi connectivity index (χ1n) is 6.89. The van der Waals surface area contributed by atoms with Gasteiger partial charge >= 0.3 is 0 Å². The second-order valence-corrected chi connectivity index (χ2v) is 5.38. The number of furan rings is 1. The summed E-state index contributed by atoms with van der Waals surface area (Å²) in [5, 5.41) is 0. The van der Waals surface area contributed by atoms with E-state index in [1.165, 1.54) is 5.56 Å². The number of ether oxygens (including phenoxy) is 1. The lowest BCUT2D eigenvalue weighted by atomic mass is 9.95. The highest BCUT2D eigenvalue weighted by Gasteiger charge is 2.19. The van der Waals surface area contributed by atoms with Crippen molar-refractivity contribution in [1.29, 1.82) is 0 Å². The Balaban J connectivity index is 2.32. The molecule has 0 spiro atoms. The summed E-state index contributed by atoms with van der Waals surface area (Å²) in [6.45, 7) is 8.09. The molecular formula is C17H23NO2. The molecule has 0 aliphatic rings. The van der Waals surface area contributed by atoms with Crippen LogP contribution in [0.1, 0.15) is 39.8 Å². The highest BCUT2D eigenvalue weighted by Crippen LogP contribution is 2.30. The predicted molar refractivity (Wildman–Crippen MR) is 81.3 cm³/mol. The van der Waals surface area contributed by atoms with Gasteiger partial charge in [-0.1, -0.05) is 17.7 Å². The summed E-state index contributed by atoms with van der Waals surface area (Å²) in [7, 11) is 1.69. The number of rotatable bonds is 4. The Morgan fingerprint density at radius 3 is 2.40 bits per heavy atom. The van der Waals surface area contributed by atoms with Crippen molar-refractivity contribution in [3.63, 3.8) is 0 Å². The molecule has 0 saturated carbocycles. The van der Waals surface area contributed by atoms with E-state index in [2.05, 4.69) is 19.9 Å². The van der Waals surface area contributed by atoms with E-state index < -0.39 is 0 Å². The van der Waals surface area contributed by atoms with Crippen LogP contribution in [0.25, 0.3) is 0 Å². The molecule has 0 fully saturated rings. The summed E-state index contributed by atoms with van der Waals surface area (Å²) in [6, 6.07) is 6.10. The van der Waals surface area contributed by atoms with Gasteiger partial charge in [-0.2, -0.15) is 0 Å². The maximum atomic E-state index is 6.40. The minimum absolute atomic E-state index is 0.0804. The molecular weight excluding hydrogens is 250 g/mol. The largest absolute Gasteiger partial charge is 0.496 e. The summed E-state index contributed by atoms with van der Waals surface area (Å²) in [4.78, 5) is 0. The maximum absolute atomic E-state index is 6.40. The van der Waals surface area contributed by atoms with Gasteiger partial charge in [-0.05, 0) is 51.3 Å². The zero-order valence-corrected chi connectivity index (χ0v) is 12.9. The SMILES string of the molecule is COc1ccc(C)cc1CC(N)c1c(C)oc(C)c1C. The van der Waals surface area contributed by atoms with Gasteiger partial charge < -0.3 is 14.9 Å². The van der Waals surface area contributed by atoms with Gasteiger partial charge in [0.15, 0.2) is 0 Å². The molecule has 1 unspecified atom stereocenters. The lowest BCUT2D eigenvalue weighted by molar-refractivity contribution is 0.407. The van der Waals surface area contributed by atoms with Gasteiger partial charge in [-0.25, -0.2) is 0 Å². The minimum atomic E-state index is -0.0804. The van der Waals surface area contributed by atoms with Crippen molar-refractivity contribution in [3.8, 4) is 5.75 Å². The van der Waals surface area contributed by atoms with Crippen LogP contribution in [0.5, 0.6) is 5.75 Å². The molecule has 2 rings (SSSR count). The fourth-order valence-corrected chi connectivity index (χ4v) is 2.76. The third-order valence-corrected chi connectivity index (χ3v) is 3.86. The molecule has 0 bridgehead atoms. The van der Waals surface area contributed by atoms with Gasteiger partial charge in [0.05, 0.1) is 7.11 Å². The molecule has 2 N–H and O–H groups in total. The zero-order valence-electron chi connectivity index (χ0n) is 12.9. The number of benzene rings is 1. The second-order valence-electron chi connectivity index (χ2n) is 5.38. The van der Waals surface area contributed by atoms with E-state index in [1.54, 1.807) is 7.11 Å². The molecule has 1 aromatic carbocycles. The topological polar surface area (TPSA) is 48.4 Å². The first-order chi connectivity index (χ1) is 9.43. The van der Waals surface area contributed by atoms with Crippen molar-refractivity contribution in [1.82, 2.24) is 0 Å². The smallest absolute Gasteiger partial charge is 0.122 e. The highest BCUT2D eigenvalue weighted by atomic mass is 16.5. The number of hydrogen-bond donors (Lipinski definition) is 1. The molecule has 2 aromatic rings. The number of hydrogen-bond acceptors (Lipinski definition) is 3. The highest BCUT2D eigenvalue weighted by molar-refractivity contribution is 5.40. The first kappa shape index (κ1) is 14.7. The fraction of sp³-hybridized carbons (Fsp3) is 0.412. The van der Waals surface area contributed by atoms with Crippen LogP contribution in [0.4, 0.5) is 0 Å². The second kappa shape index (κ2) is 5.71. The standard InChI is InChI=1S/C17H23NO2/c1-10-6-7-16(19-5)14(8-10)9-15(18)17-11(2)12(3)20-13(17)4/h6-8,15H,9,18H2,1-5H3. The maximum Gasteiger partial charge on any atom is 0.122 e. The van der Waals surface area contributed by atoms with Crippen LogP contribution in [-0.2, 0) is 6.42 Å².